The number of hydrogen-bond acceptors (Lipinski definition) is 6. The van der Waals surface area contributed by atoms with E-state index in [9.17, 15) is 21.6 Å². The molecular weight excluding hydrogens is 496 g/mol. The van der Waals surface area contributed by atoms with Crippen LogP contribution in [0.15, 0.2) is 47.4 Å². The molecule has 196 valence electrons. The molecule has 9 heteroatoms. The number of carbonyl (C=O) groups is 1. The molecule has 0 radical (unpaired) electrons. The second-order valence-electron chi connectivity index (χ2n) is 10.3. The first-order chi connectivity index (χ1) is 17.0. The van der Waals surface area contributed by atoms with E-state index in [-0.39, 0.29) is 34.0 Å². The predicted octanol–water partition coefficient (Wildman–Crippen LogP) is 4.32. The fourth-order valence-electron chi connectivity index (χ4n) is 4.99. The van der Waals surface area contributed by atoms with Gasteiger partial charge in [0.05, 0.1) is 22.1 Å². The van der Waals surface area contributed by atoms with Crippen LogP contribution in [0.25, 0.3) is 0 Å². The molecular formula is C27H36N2O5S2. The number of sulfonamides is 1. The summed E-state index contributed by atoms with van der Waals surface area (Å²) in [7, 11) is -6.82. The van der Waals surface area contributed by atoms with Gasteiger partial charge in [0.15, 0.2) is 5.78 Å². The molecule has 0 saturated carbocycles. The number of ketones is 1. The maximum Gasteiger partial charge on any atom is 0.264 e. The van der Waals surface area contributed by atoms with Gasteiger partial charge in [-0.2, -0.15) is 0 Å². The summed E-state index contributed by atoms with van der Waals surface area (Å²) in [6.45, 7) is 7.58. The van der Waals surface area contributed by atoms with E-state index in [4.69, 9.17) is 0 Å². The van der Waals surface area contributed by atoms with Gasteiger partial charge in [-0.05, 0) is 67.0 Å². The molecule has 1 saturated heterocycles. The third kappa shape index (κ3) is 5.78. The first-order valence-corrected chi connectivity index (χ1v) is 16.0. The van der Waals surface area contributed by atoms with E-state index < -0.39 is 19.9 Å². The van der Waals surface area contributed by atoms with Crippen LogP contribution in [0, 0.1) is 11.8 Å². The molecule has 0 atom stereocenters. The molecule has 2 aromatic carbocycles. The highest BCUT2D eigenvalue weighted by atomic mass is 32.2. The minimum absolute atomic E-state index is 0.0627. The molecule has 0 unspecified atom stereocenters. The average molecular weight is 533 g/mol. The Morgan fingerprint density at radius 3 is 2.33 bits per heavy atom. The summed E-state index contributed by atoms with van der Waals surface area (Å²) in [5.74, 6) is 0.705. The molecule has 2 aliphatic heterocycles. The maximum absolute atomic E-state index is 13.8. The second kappa shape index (κ2) is 10.5. The van der Waals surface area contributed by atoms with Crippen LogP contribution in [0.4, 0.5) is 11.4 Å². The molecule has 0 bridgehead atoms. The van der Waals surface area contributed by atoms with Crippen LogP contribution in [0.1, 0.15) is 56.0 Å². The number of carbonyl (C=O) groups excluding carboxylic acids is 1. The Kier molecular flexibility index (Phi) is 7.80. The van der Waals surface area contributed by atoms with E-state index in [0.29, 0.717) is 50.1 Å². The van der Waals surface area contributed by atoms with Crippen molar-refractivity contribution < 1.29 is 21.6 Å². The second-order valence-corrected chi connectivity index (χ2v) is 14.5. The van der Waals surface area contributed by atoms with Gasteiger partial charge in [0.25, 0.3) is 10.0 Å². The smallest absolute Gasteiger partial charge is 0.264 e. The van der Waals surface area contributed by atoms with Crippen LogP contribution in [0.2, 0.25) is 0 Å². The van der Waals surface area contributed by atoms with Gasteiger partial charge in [0.2, 0.25) is 0 Å². The van der Waals surface area contributed by atoms with E-state index in [0.717, 1.165) is 17.7 Å². The lowest BCUT2D eigenvalue weighted by molar-refractivity contribution is 0.0979. The zero-order chi connectivity index (χ0) is 26.1. The summed E-state index contributed by atoms with van der Waals surface area (Å²) < 4.78 is 52.7. The Labute approximate surface area is 215 Å². The number of fused-ring (bicyclic) bond motifs is 1. The zero-order valence-corrected chi connectivity index (χ0v) is 22.9. The van der Waals surface area contributed by atoms with Crippen molar-refractivity contribution in [1.82, 2.24) is 0 Å². The van der Waals surface area contributed by atoms with Crippen LogP contribution in [-0.4, -0.2) is 53.8 Å². The van der Waals surface area contributed by atoms with Gasteiger partial charge >= 0.3 is 0 Å². The van der Waals surface area contributed by atoms with Crippen LogP contribution in [0.3, 0.4) is 0 Å². The van der Waals surface area contributed by atoms with Crippen molar-refractivity contribution >= 4 is 37.0 Å². The average Bonchev–Trinajstić information content (AvgIpc) is 2.85. The quantitative estimate of drug-likeness (QED) is 0.503. The lowest BCUT2D eigenvalue weighted by Crippen LogP contribution is -2.39. The van der Waals surface area contributed by atoms with E-state index >= 15 is 0 Å². The molecule has 2 aromatic rings. The largest absolute Gasteiger partial charge is 0.370 e. The van der Waals surface area contributed by atoms with Crippen molar-refractivity contribution in [1.29, 1.82) is 0 Å². The molecule has 1 fully saturated rings. The molecule has 4 rings (SSSR count). The van der Waals surface area contributed by atoms with Crippen LogP contribution in [-0.2, 0) is 26.3 Å². The molecule has 0 spiro atoms. The number of benzene rings is 2. The number of rotatable bonds is 8. The molecule has 0 amide bonds. The molecule has 2 aliphatic rings. The van der Waals surface area contributed by atoms with Gasteiger partial charge in [-0.15, -0.1) is 0 Å². The summed E-state index contributed by atoms with van der Waals surface area (Å²) in [5.41, 5.74) is 2.91. The SMILES string of the molecule is CCc1ccc(N(CC(C)C)S(=O)(=O)c2ccc3c(c2)C(=O)CCN3CC2CCS(=O)(=O)CC2)cc1. The fraction of sp³-hybridized carbons (Fsp3) is 0.519. The normalized spacial score (nSPS) is 18.3. The van der Waals surface area contributed by atoms with E-state index in [1.165, 1.54) is 10.4 Å². The van der Waals surface area contributed by atoms with Gasteiger partial charge in [-0.3, -0.25) is 9.10 Å². The monoisotopic (exact) mass is 532 g/mol. The van der Waals surface area contributed by atoms with Crippen molar-refractivity contribution in [2.75, 3.05) is 40.3 Å². The van der Waals surface area contributed by atoms with Crippen LogP contribution >= 0.6 is 0 Å². The van der Waals surface area contributed by atoms with Crippen molar-refractivity contribution in [3.05, 3.63) is 53.6 Å². The van der Waals surface area contributed by atoms with Crippen LogP contribution in [0.5, 0.6) is 0 Å². The van der Waals surface area contributed by atoms with Gasteiger partial charge in [-0.25, -0.2) is 16.8 Å². The third-order valence-electron chi connectivity index (χ3n) is 7.12. The summed E-state index contributed by atoms with van der Waals surface area (Å²) in [5, 5.41) is 0. The van der Waals surface area contributed by atoms with E-state index in [1.807, 2.05) is 38.1 Å². The highest BCUT2D eigenvalue weighted by molar-refractivity contribution is 7.92. The topological polar surface area (TPSA) is 91.8 Å². The highest BCUT2D eigenvalue weighted by Crippen LogP contribution is 2.34. The van der Waals surface area contributed by atoms with E-state index in [1.54, 1.807) is 12.1 Å². The van der Waals surface area contributed by atoms with Gasteiger partial charge in [0.1, 0.15) is 9.84 Å². The number of Topliss-reactive ketones (excluding diaryl/α,β-unsaturated/α-hetero) is 1. The highest BCUT2D eigenvalue weighted by Gasteiger charge is 2.32. The number of hydrogen-bond donors (Lipinski definition) is 0. The van der Waals surface area contributed by atoms with Gasteiger partial charge < -0.3 is 4.90 Å². The number of nitrogens with zero attached hydrogens (tertiary/aromatic N) is 2. The number of anilines is 2. The summed E-state index contributed by atoms with van der Waals surface area (Å²) in [6, 6.07) is 12.4. The maximum atomic E-state index is 13.8. The summed E-state index contributed by atoms with van der Waals surface area (Å²) in [4.78, 5) is 15.1. The molecule has 0 aliphatic carbocycles. The molecule has 7 nitrogen and oxygen atoms in total. The molecule has 0 aromatic heterocycles. The Hall–Kier alpha value is -2.39. The standard InChI is InChI=1S/C27H36N2O5S2/c1-4-21-5-7-23(8-6-21)29(18-20(2)3)36(33,34)24-9-10-26-25(17-24)27(30)11-14-28(26)19-22-12-15-35(31,32)16-13-22/h5-10,17,20,22H,4,11-16,18-19H2,1-3H3. The first kappa shape index (κ1) is 26.7. The Bertz CT molecular complexity index is 1300. The lowest BCUT2D eigenvalue weighted by atomic mass is 9.96. The Morgan fingerprint density at radius 2 is 1.72 bits per heavy atom. The van der Waals surface area contributed by atoms with Crippen molar-refractivity contribution in [3.63, 3.8) is 0 Å². The first-order valence-electron chi connectivity index (χ1n) is 12.7. The minimum Gasteiger partial charge on any atom is -0.370 e. The Balaban J connectivity index is 1.64. The zero-order valence-electron chi connectivity index (χ0n) is 21.3. The van der Waals surface area contributed by atoms with Crippen molar-refractivity contribution in [3.8, 4) is 0 Å². The molecule has 36 heavy (non-hydrogen) atoms. The predicted molar refractivity (Wildman–Crippen MR) is 144 cm³/mol. The number of aryl methyl sites for hydroxylation is 1. The molecule has 2 heterocycles. The van der Waals surface area contributed by atoms with Crippen molar-refractivity contribution in [2.24, 2.45) is 11.8 Å². The Morgan fingerprint density at radius 1 is 1.06 bits per heavy atom. The number of sulfone groups is 1. The third-order valence-corrected chi connectivity index (χ3v) is 10.6. The summed E-state index contributed by atoms with van der Waals surface area (Å²) >= 11 is 0. The van der Waals surface area contributed by atoms with Crippen molar-refractivity contribution in [2.45, 2.75) is 51.3 Å². The molecule has 0 N–H and O–H groups in total. The van der Waals surface area contributed by atoms with Gasteiger partial charge in [-0.1, -0.05) is 32.9 Å². The van der Waals surface area contributed by atoms with Crippen LogP contribution < -0.4 is 9.21 Å². The minimum atomic E-state index is -3.89. The van der Waals surface area contributed by atoms with Gasteiger partial charge in [0, 0.05) is 37.3 Å². The lowest BCUT2D eigenvalue weighted by Gasteiger charge is -2.35. The summed E-state index contributed by atoms with van der Waals surface area (Å²) in [6.07, 6.45) is 2.43. The fourth-order valence-corrected chi connectivity index (χ4v) is 8.23. The van der Waals surface area contributed by atoms with E-state index in [2.05, 4.69) is 11.8 Å².